The Hall–Kier alpha value is -1.98. The topological polar surface area (TPSA) is 42.1 Å². The van der Waals surface area contributed by atoms with Crippen molar-refractivity contribution in [3.63, 3.8) is 0 Å². The fourth-order valence-corrected chi connectivity index (χ4v) is 2.60. The molecule has 3 nitrogen and oxygen atoms in total. The highest BCUT2D eigenvalue weighted by atomic mass is 19.4. The van der Waals surface area contributed by atoms with E-state index < -0.39 is 24.2 Å². The Morgan fingerprint density at radius 3 is 2.73 bits per heavy atom. The lowest BCUT2D eigenvalue weighted by Crippen LogP contribution is -2.35. The van der Waals surface area contributed by atoms with Gasteiger partial charge in [0.1, 0.15) is 0 Å². The van der Waals surface area contributed by atoms with Crippen molar-refractivity contribution in [1.82, 2.24) is 4.98 Å². The standard InChI is InChI=1S/C16H16F3NO2/c17-16(18,19)15(10-5-6-10)22-14(21)8-7-11-9-20-13-4-2-1-3-12(11)13/h1-4,9-10,15,20H,5-8H2/t15-/m0/s1. The second-order valence-corrected chi connectivity index (χ2v) is 5.65. The van der Waals surface area contributed by atoms with Gasteiger partial charge in [-0.15, -0.1) is 0 Å². The number of rotatable bonds is 5. The van der Waals surface area contributed by atoms with Crippen LogP contribution in [0.5, 0.6) is 0 Å². The largest absolute Gasteiger partial charge is 0.452 e. The molecule has 1 aromatic carbocycles. The molecule has 0 radical (unpaired) electrons. The molecule has 0 bridgehead atoms. The van der Waals surface area contributed by atoms with E-state index in [4.69, 9.17) is 0 Å². The third-order valence-electron chi connectivity index (χ3n) is 3.90. The predicted molar refractivity (Wildman–Crippen MR) is 75.3 cm³/mol. The van der Waals surface area contributed by atoms with Crippen molar-refractivity contribution in [2.24, 2.45) is 5.92 Å². The fraction of sp³-hybridized carbons (Fsp3) is 0.438. The number of esters is 1. The number of benzene rings is 1. The molecule has 0 aliphatic heterocycles. The summed E-state index contributed by atoms with van der Waals surface area (Å²) in [5, 5.41) is 0.977. The van der Waals surface area contributed by atoms with Crippen molar-refractivity contribution in [2.75, 3.05) is 0 Å². The van der Waals surface area contributed by atoms with Crippen LogP contribution in [-0.4, -0.2) is 23.2 Å². The van der Waals surface area contributed by atoms with Crippen LogP contribution in [-0.2, 0) is 16.0 Å². The molecule has 2 aromatic rings. The van der Waals surface area contributed by atoms with Crippen LogP contribution in [0.4, 0.5) is 13.2 Å². The maximum atomic E-state index is 12.8. The van der Waals surface area contributed by atoms with Gasteiger partial charge in [-0.3, -0.25) is 4.79 Å². The van der Waals surface area contributed by atoms with Gasteiger partial charge in [-0.1, -0.05) is 18.2 Å². The summed E-state index contributed by atoms with van der Waals surface area (Å²) in [5.74, 6) is -1.35. The zero-order valence-corrected chi connectivity index (χ0v) is 11.8. The van der Waals surface area contributed by atoms with E-state index in [2.05, 4.69) is 9.72 Å². The van der Waals surface area contributed by atoms with Crippen molar-refractivity contribution < 1.29 is 22.7 Å². The first-order valence-electron chi connectivity index (χ1n) is 7.26. The number of hydrogen-bond acceptors (Lipinski definition) is 2. The molecule has 6 heteroatoms. The zero-order valence-electron chi connectivity index (χ0n) is 11.8. The Morgan fingerprint density at radius 1 is 1.32 bits per heavy atom. The number of nitrogens with one attached hydrogen (secondary N) is 1. The number of hydrogen-bond donors (Lipinski definition) is 1. The first kappa shape index (κ1) is 14.9. The van der Waals surface area contributed by atoms with Gasteiger partial charge in [0.05, 0.1) is 0 Å². The normalized spacial score (nSPS) is 16.7. The number of fused-ring (bicyclic) bond motifs is 1. The summed E-state index contributed by atoms with van der Waals surface area (Å²) in [5.41, 5.74) is 1.85. The van der Waals surface area contributed by atoms with Crippen LogP contribution in [0.3, 0.4) is 0 Å². The second kappa shape index (κ2) is 5.66. The lowest BCUT2D eigenvalue weighted by molar-refractivity contribution is -0.226. The highest BCUT2D eigenvalue weighted by Crippen LogP contribution is 2.42. The molecule has 0 saturated heterocycles. The summed E-state index contributed by atoms with van der Waals surface area (Å²) in [7, 11) is 0. The Balaban J connectivity index is 1.60. The van der Waals surface area contributed by atoms with Crippen molar-refractivity contribution in [3.05, 3.63) is 36.0 Å². The smallest absolute Gasteiger partial charge is 0.425 e. The molecule has 1 N–H and O–H groups in total. The lowest BCUT2D eigenvalue weighted by atomic mass is 10.1. The summed E-state index contributed by atoms with van der Waals surface area (Å²) in [6.07, 6.45) is -3.39. The SMILES string of the molecule is O=C(CCc1c[nH]c2ccccc12)O[C@@H](C1CC1)C(F)(F)F. The average Bonchev–Trinajstić information content (AvgIpc) is 3.21. The minimum Gasteiger partial charge on any atom is -0.452 e. The van der Waals surface area contributed by atoms with E-state index in [-0.39, 0.29) is 6.42 Å². The fourth-order valence-electron chi connectivity index (χ4n) is 2.60. The highest BCUT2D eigenvalue weighted by molar-refractivity contribution is 5.83. The van der Waals surface area contributed by atoms with Crippen LogP contribution in [0.1, 0.15) is 24.8 Å². The number of carbonyl (C=O) groups excluding carboxylic acids is 1. The Kier molecular flexibility index (Phi) is 3.85. The Labute approximate surface area is 125 Å². The number of para-hydroxylation sites is 1. The number of carbonyl (C=O) groups is 1. The van der Waals surface area contributed by atoms with Crippen LogP contribution in [0.15, 0.2) is 30.5 Å². The Morgan fingerprint density at radius 2 is 2.05 bits per heavy atom. The van der Waals surface area contributed by atoms with Gasteiger partial charge in [0.15, 0.2) is 6.10 Å². The zero-order chi connectivity index (χ0) is 15.7. The highest BCUT2D eigenvalue weighted by Gasteiger charge is 2.51. The van der Waals surface area contributed by atoms with Gasteiger partial charge in [-0.2, -0.15) is 13.2 Å². The van der Waals surface area contributed by atoms with Gasteiger partial charge in [-0.25, -0.2) is 0 Å². The third kappa shape index (κ3) is 3.26. The number of halogens is 3. The third-order valence-corrected chi connectivity index (χ3v) is 3.90. The maximum Gasteiger partial charge on any atom is 0.425 e. The van der Waals surface area contributed by atoms with Crippen molar-refractivity contribution in [3.8, 4) is 0 Å². The number of alkyl halides is 3. The molecule has 1 fully saturated rings. The first-order valence-corrected chi connectivity index (χ1v) is 7.26. The van der Waals surface area contributed by atoms with Gasteiger partial charge >= 0.3 is 12.1 Å². The quantitative estimate of drug-likeness (QED) is 0.849. The molecule has 22 heavy (non-hydrogen) atoms. The maximum absolute atomic E-state index is 12.8. The van der Waals surface area contributed by atoms with E-state index in [0.29, 0.717) is 19.3 Å². The molecule has 3 rings (SSSR count). The number of aromatic nitrogens is 1. The molecule has 1 heterocycles. The van der Waals surface area contributed by atoms with E-state index in [1.165, 1.54) is 0 Å². The molecular weight excluding hydrogens is 295 g/mol. The van der Waals surface area contributed by atoms with E-state index in [1.807, 2.05) is 24.3 Å². The van der Waals surface area contributed by atoms with Crippen molar-refractivity contribution in [1.29, 1.82) is 0 Å². The molecule has 1 saturated carbocycles. The molecule has 1 aliphatic carbocycles. The first-order chi connectivity index (χ1) is 10.4. The predicted octanol–water partition coefficient (Wildman–Crippen LogP) is 3.98. The van der Waals surface area contributed by atoms with Crippen LogP contribution >= 0.6 is 0 Å². The minimum atomic E-state index is -4.47. The summed E-state index contributed by atoms with van der Waals surface area (Å²) >= 11 is 0. The molecule has 0 spiro atoms. The van der Waals surface area contributed by atoms with Crippen LogP contribution in [0.25, 0.3) is 10.9 Å². The van der Waals surface area contributed by atoms with Crippen LogP contribution in [0, 0.1) is 5.92 Å². The number of ether oxygens (including phenoxy) is 1. The monoisotopic (exact) mass is 311 g/mol. The van der Waals surface area contributed by atoms with Crippen molar-refractivity contribution >= 4 is 16.9 Å². The molecule has 118 valence electrons. The molecule has 1 aliphatic rings. The summed E-state index contributed by atoms with van der Waals surface area (Å²) in [6, 6.07) is 7.59. The van der Waals surface area contributed by atoms with Crippen molar-refractivity contribution in [2.45, 2.75) is 38.0 Å². The lowest BCUT2D eigenvalue weighted by Gasteiger charge is -2.20. The Bertz CT molecular complexity index is 673. The van der Waals surface area contributed by atoms with Crippen LogP contribution < -0.4 is 0 Å². The number of aryl methyl sites for hydroxylation is 1. The average molecular weight is 311 g/mol. The molecular formula is C16H16F3NO2. The number of H-pyrrole nitrogens is 1. The molecule has 0 unspecified atom stereocenters. The van der Waals surface area contributed by atoms with E-state index in [1.54, 1.807) is 6.20 Å². The summed E-state index contributed by atoms with van der Waals surface area (Å²) < 4.78 is 43.1. The molecule has 1 aromatic heterocycles. The summed E-state index contributed by atoms with van der Waals surface area (Å²) in [6.45, 7) is 0. The number of aromatic amines is 1. The second-order valence-electron chi connectivity index (χ2n) is 5.65. The summed E-state index contributed by atoms with van der Waals surface area (Å²) in [4.78, 5) is 14.8. The molecule has 1 atom stereocenters. The van der Waals surface area contributed by atoms with E-state index >= 15 is 0 Å². The van der Waals surface area contributed by atoms with Gasteiger partial charge in [0.25, 0.3) is 0 Å². The van der Waals surface area contributed by atoms with E-state index in [9.17, 15) is 18.0 Å². The van der Waals surface area contributed by atoms with E-state index in [0.717, 1.165) is 16.5 Å². The van der Waals surface area contributed by atoms with Gasteiger partial charge in [0, 0.05) is 29.4 Å². The van der Waals surface area contributed by atoms with Gasteiger partial charge in [0.2, 0.25) is 0 Å². The molecule has 0 amide bonds. The van der Waals surface area contributed by atoms with Crippen LogP contribution in [0.2, 0.25) is 0 Å². The van der Waals surface area contributed by atoms with Gasteiger partial charge < -0.3 is 9.72 Å². The van der Waals surface area contributed by atoms with Gasteiger partial charge in [-0.05, 0) is 30.9 Å². The minimum absolute atomic E-state index is 0.0544.